The van der Waals surface area contributed by atoms with Gasteiger partial charge < -0.3 is 0 Å². The molecule has 1 saturated heterocycles. The summed E-state index contributed by atoms with van der Waals surface area (Å²) in [4.78, 5) is 0.199. The van der Waals surface area contributed by atoms with Crippen molar-refractivity contribution in [1.82, 2.24) is 4.31 Å². The molecule has 6 nitrogen and oxygen atoms in total. The summed E-state index contributed by atoms with van der Waals surface area (Å²) in [5, 5.41) is 0. The molecule has 2 atom stereocenters. The molecule has 1 aliphatic rings. The molecule has 1 fully saturated rings. The van der Waals surface area contributed by atoms with Gasteiger partial charge in [-0.2, -0.15) is 4.31 Å². The van der Waals surface area contributed by atoms with Gasteiger partial charge >= 0.3 is 0 Å². The van der Waals surface area contributed by atoms with Crippen molar-refractivity contribution < 1.29 is 16.8 Å². The molecule has 25 heavy (non-hydrogen) atoms. The summed E-state index contributed by atoms with van der Waals surface area (Å²) >= 11 is 0. The van der Waals surface area contributed by atoms with Crippen LogP contribution in [0.3, 0.4) is 0 Å². The predicted octanol–water partition coefficient (Wildman–Crippen LogP) is 3.18. The number of sulfonamides is 2. The average Bonchev–Trinajstić information content (AvgIpc) is 2.53. The van der Waals surface area contributed by atoms with Crippen LogP contribution in [0.5, 0.6) is 0 Å². The van der Waals surface area contributed by atoms with Crippen molar-refractivity contribution in [2.24, 2.45) is 0 Å². The van der Waals surface area contributed by atoms with Gasteiger partial charge in [-0.25, -0.2) is 16.8 Å². The van der Waals surface area contributed by atoms with Crippen LogP contribution in [-0.2, 0) is 20.0 Å². The smallest absolute Gasteiger partial charge is 0.243 e. The van der Waals surface area contributed by atoms with E-state index in [9.17, 15) is 16.8 Å². The van der Waals surface area contributed by atoms with Gasteiger partial charge in [0, 0.05) is 17.8 Å². The number of hydrogen-bond donors (Lipinski definition) is 1. The van der Waals surface area contributed by atoms with Crippen LogP contribution < -0.4 is 4.72 Å². The molecule has 1 aromatic carbocycles. The van der Waals surface area contributed by atoms with Crippen LogP contribution in [0.1, 0.15) is 52.9 Å². The lowest BCUT2D eigenvalue weighted by Gasteiger charge is -2.37. The second-order valence-corrected chi connectivity index (χ2v) is 10.4. The van der Waals surface area contributed by atoms with E-state index in [0.717, 1.165) is 25.7 Å². The summed E-state index contributed by atoms with van der Waals surface area (Å²) < 4.78 is 53.8. The maximum absolute atomic E-state index is 12.9. The molecular weight excluding hydrogens is 360 g/mol. The lowest BCUT2D eigenvalue weighted by atomic mass is 10.0. The second-order valence-electron chi connectivity index (χ2n) is 6.76. The third-order valence-electron chi connectivity index (χ3n) is 4.58. The minimum atomic E-state index is -3.58. The first-order valence-corrected chi connectivity index (χ1v) is 11.9. The highest BCUT2D eigenvalue weighted by molar-refractivity contribution is 7.92. The van der Waals surface area contributed by atoms with Gasteiger partial charge in [0.2, 0.25) is 20.0 Å². The van der Waals surface area contributed by atoms with Gasteiger partial charge in [-0.3, -0.25) is 4.72 Å². The van der Waals surface area contributed by atoms with Crippen molar-refractivity contribution >= 4 is 25.7 Å². The van der Waals surface area contributed by atoms with E-state index in [2.05, 4.69) is 4.72 Å². The highest BCUT2D eigenvalue weighted by Gasteiger charge is 2.35. The first-order chi connectivity index (χ1) is 11.7. The Labute approximate surface area is 151 Å². The van der Waals surface area contributed by atoms with Gasteiger partial charge in [-0.15, -0.1) is 0 Å². The molecule has 1 N–H and O–H groups in total. The van der Waals surface area contributed by atoms with E-state index >= 15 is 0 Å². The first kappa shape index (κ1) is 20.2. The van der Waals surface area contributed by atoms with Gasteiger partial charge in [0.25, 0.3) is 0 Å². The summed E-state index contributed by atoms with van der Waals surface area (Å²) in [6, 6.07) is 5.91. The lowest BCUT2D eigenvalue weighted by Crippen LogP contribution is -2.47. The topological polar surface area (TPSA) is 83.5 Å². The Kier molecular flexibility index (Phi) is 6.51. The number of nitrogens with zero attached hydrogens (tertiary/aromatic N) is 1. The highest BCUT2D eigenvalue weighted by atomic mass is 32.2. The Morgan fingerprint density at radius 2 is 1.60 bits per heavy atom. The van der Waals surface area contributed by atoms with E-state index in [1.807, 2.05) is 20.8 Å². The summed E-state index contributed by atoms with van der Waals surface area (Å²) in [7, 11) is -6.97. The van der Waals surface area contributed by atoms with E-state index in [-0.39, 0.29) is 22.7 Å². The highest BCUT2D eigenvalue weighted by Crippen LogP contribution is 2.30. The van der Waals surface area contributed by atoms with Crippen LogP contribution in [-0.4, -0.2) is 39.0 Å². The van der Waals surface area contributed by atoms with Crippen LogP contribution in [0.4, 0.5) is 5.69 Å². The van der Waals surface area contributed by atoms with Gasteiger partial charge in [0.15, 0.2) is 0 Å². The van der Waals surface area contributed by atoms with E-state index in [1.165, 1.54) is 24.3 Å². The third-order valence-corrected chi connectivity index (χ3v) is 8.10. The van der Waals surface area contributed by atoms with E-state index in [4.69, 9.17) is 0 Å². The number of nitrogens with one attached hydrogen (secondary N) is 1. The van der Waals surface area contributed by atoms with Crippen molar-refractivity contribution in [1.29, 1.82) is 0 Å². The summed E-state index contributed by atoms with van der Waals surface area (Å²) in [6.07, 6.45) is 4.14. The van der Waals surface area contributed by atoms with Crippen LogP contribution >= 0.6 is 0 Å². The van der Waals surface area contributed by atoms with Crippen LogP contribution in [0.2, 0.25) is 0 Å². The average molecular weight is 389 g/mol. The maximum atomic E-state index is 12.9. The lowest BCUT2D eigenvalue weighted by molar-refractivity contribution is 0.204. The van der Waals surface area contributed by atoms with Crippen molar-refractivity contribution in [2.75, 3.05) is 10.5 Å². The summed E-state index contributed by atoms with van der Waals surface area (Å²) in [6.45, 7) is 5.80. The molecule has 1 aromatic rings. The van der Waals surface area contributed by atoms with Crippen molar-refractivity contribution in [2.45, 2.75) is 69.9 Å². The molecule has 142 valence electrons. The van der Waals surface area contributed by atoms with E-state index in [1.54, 1.807) is 4.31 Å². The molecule has 0 saturated carbocycles. The van der Waals surface area contributed by atoms with Gasteiger partial charge in [0.1, 0.15) is 0 Å². The van der Waals surface area contributed by atoms with Crippen LogP contribution in [0, 0.1) is 0 Å². The molecule has 1 heterocycles. The Hall–Kier alpha value is -1.12. The Balaban J connectivity index is 2.18. The fraction of sp³-hybridized carbons (Fsp3) is 0.647. The predicted molar refractivity (Wildman–Crippen MR) is 101 cm³/mol. The molecule has 8 heteroatoms. The monoisotopic (exact) mass is 388 g/mol. The van der Waals surface area contributed by atoms with Gasteiger partial charge in [0.05, 0.1) is 10.6 Å². The molecule has 2 unspecified atom stereocenters. The van der Waals surface area contributed by atoms with Gasteiger partial charge in [-0.05, 0) is 57.4 Å². The molecule has 0 bridgehead atoms. The molecule has 0 aromatic heterocycles. The van der Waals surface area contributed by atoms with Crippen LogP contribution in [0.15, 0.2) is 29.2 Å². The zero-order valence-electron chi connectivity index (χ0n) is 15.1. The minimum absolute atomic E-state index is 0.0269. The molecule has 0 spiro atoms. The van der Waals surface area contributed by atoms with Crippen molar-refractivity contribution in [3.05, 3.63) is 24.3 Å². The fourth-order valence-corrected chi connectivity index (χ4v) is 6.40. The Morgan fingerprint density at radius 1 is 1.04 bits per heavy atom. The van der Waals surface area contributed by atoms with Crippen molar-refractivity contribution in [3.8, 4) is 0 Å². The first-order valence-electron chi connectivity index (χ1n) is 8.81. The number of hydrogen-bond acceptors (Lipinski definition) is 4. The van der Waals surface area contributed by atoms with Gasteiger partial charge in [-0.1, -0.05) is 19.8 Å². The molecular formula is C17H28N2O4S2. The third kappa shape index (κ3) is 4.95. The van der Waals surface area contributed by atoms with Crippen molar-refractivity contribution in [3.63, 3.8) is 0 Å². The Morgan fingerprint density at radius 3 is 2.12 bits per heavy atom. The quantitative estimate of drug-likeness (QED) is 0.777. The number of benzene rings is 1. The molecule has 2 rings (SSSR count). The molecule has 0 radical (unpaired) electrons. The zero-order chi connectivity index (χ0) is 18.7. The molecule has 0 amide bonds. The largest absolute Gasteiger partial charge is 0.284 e. The van der Waals surface area contributed by atoms with E-state index < -0.39 is 20.0 Å². The second kappa shape index (κ2) is 8.05. The van der Waals surface area contributed by atoms with Crippen LogP contribution in [0.25, 0.3) is 0 Å². The molecule has 1 aliphatic heterocycles. The number of piperidine rings is 1. The SMILES string of the molecule is CCCCS(=O)(=O)Nc1ccc(S(=O)(=O)N2C(C)CCCC2C)cc1. The zero-order valence-corrected chi connectivity index (χ0v) is 16.7. The normalized spacial score (nSPS) is 22.7. The Bertz CT molecular complexity index is 763. The number of anilines is 1. The number of rotatable bonds is 7. The maximum Gasteiger partial charge on any atom is 0.243 e. The number of unbranched alkanes of at least 4 members (excludes halogenated alkanes) is 1. The summed E-state index contributed by atoms with van der Waals surface area (Å²) in [5.41, 5.74) is 0.384. The minimum Gasteiger partial charge on any atom is -0.284 e. The molecule has 0 aliphatic carbocycles. The fourth-order valence-electron chi connectivity index (χ4n) is 3.25. The standard InChI is InChI=1S/C17H28N2O4S2/c1-4-5-13-24(20,21)18-16-9-11-17(12-10-16)25(22,23)19-14(2)7-6-8-15(19)3/h9-12,14-15,18H,4-8,13H2,1-3H3. The van der Waals surface area contributed by atoms with E-state index in [0.29, 0.717) is 12.1 Å². The summed E-state index contributed by atoms with van der Waals surface area (Å²) in [5.74, 6) is 0.0619.